The van der Waals surface area contributed by atoms with Crippen LogP contribution in [0.4, 0.5) is 11.5 Å². The van der Waals surface area contributed by atoms with E-state index in [0.29, 0.717) is 23.7 Å². The number of amides is 1. The molecule has 1 amide bonds. The molecule has 8 nitrogen and oxygen atoms in total. The molecule has 0 aliphatic heterocycles. The van der Waals surface area contributed by atoms with Crippen LogP contribution in [-0.4, -0.2) is 21.6 Å². The predicted molar refractivity (Wildman–Crippen MR) is 100 cm³/mol. The predicted octanol–water partition coefficient (Wildman–Crippen LogP) is 1.86. The number of anilines is 2. The van der Waals surface area contributed by atoms with Gasteiger partial charge in [-0.2, -0.15) is 0 Å². The van der Waals surface area contributed by atoms with Gasteiger partial charge in [-0.15, -0.1) is 0 Å². The summed E-state index contributed by atoms with van der Waals surface area (Å²) in [5.74, 6) is -0.721. The number of carbonyl (C=O) groups is 1. The van der Waals surface area contributed by atoms with Gasteiger partial charge < -0.3 is 5.32 Å². The van der Waals surface area contributed by atoms with Crippen LogP contribution in [0.5, 0.6) is 0 Å². The normalized spacial score (nSPS) is 10.7. The van der Waals surface area contributed by atoms with Gasteiger partial charge in [0.25, 0.3) is 11.5 Å². The van der Waals surface area contributed by atoms with Gasteiger partial charge in [-0.25, -0.2) is 10.3 Å². The molecule has 0 atom stereocenters. The monoisotopic (exact) mass is 380 g/mol. The Bertz CT molecular complexity index is 949. The molecule has 0 unspecified atom stereocenters. The topological polar surface area (TPSA) is 94.4 Å². The molecule has 1 aromatic heterocycles. The molecule has 2 N–H and O–H groups in total. The molecule has 1 aromatic carbocycles. The zero-order valence-corrected chi connectivity index (χ0v) is 15.8. The first-order valence-electron chi connectivity index (χ1n) is 8.03. The molecule has 9 heteroatoms. The highest BCUT2D eigenvalue weighted by atomic mass is 35.5. The minimum atomic E-state index is -0.750. The lowest BCUT2D eigenvalue weighted by atomic mass is 10.2. The second-order valence-corrected chi connectivity index (χ2v) is 6.22. The fourth-order valence-corrected chi connectivity index (χ4v) is 2.60. The smallest absolute Gasteiger partial charge is 0.332 e. The summed E-state index contributed by atoms with van der Waals surface area (Å²) in [5, 5.41) is 3.31. The van der Waals surface area contributed by atoms with Crippen LogP contribution in [-0.2, 0) is 18.9 Å². The summed E-state index contributed by atoms with van der Waals surface area (Å²) < 4.78 is 2.03. The molecule has 0 saturated carbocycles. The number of nitrogens with zero attached hydrogens (tertiary/aromatic N) is 2. The molecule has 1 heterocycles. The highest BCUT2D eigenvalue weighted by Crippen LogP contribution is 2.26. The standard InChI is InChI=1S/C17H21ClN4O4/c1-5-8-26-20-15(23)13-14(21(3)17(25)22(4)16(13)24)19-12-7-6-10(2)9-11(12)18/h6-7,9,19H,5,8H2,1-4H3,(H,20,23). The van der Waals surface area contributed by atoms with E-state index >= 15 is 0 Å². The van der Waals surface area contributed by atoms with Gasteiger partial charge in [0.1, 0.15) is 11.4 Å². The summed E-state index contributed by atoms with van der Waals surface area (Å²) in [4.78, 5) is 42.3. The Morgan fingerprint density at radius 1 is 1.23 bits per heavy atom. The zero-order chi connectivity index (χ0) is 19.4. The van der Waals surface area contributed by atoms with Gasteiger partial charge in [0, 0.05) is 14.1 Å². The van der Waals surface area contributed by atoms with E-state index in [1.54, 1.807) is 12.1 Å². The van der Waals surface area contributed by atoms with E-state index in [0.717, 1.165) is 10.1 Å². The van der Waals surface area contributed by atoms with Crippen molar-refractivity contribution in [2.75, 3.05) is 11.9 Å². The summed E-state index contributed by atoms with van der Waals surface area (Å²) >= 11 is 6.22. The largest absolute Gasteiger partial charge is 0.339 e. The lowest BCUT2D eigenvalue weighted by Crippen LogP contribution is -2.43. The Hall–Kier alpha value is -2.58. The van der Waals surface area contributed by atoms with E-state index in [1.807, 2.05) is 19.9 Å². The first-order chi connectivity index (χ1) is 12.3. The van der Waals surface area contributed by atoms with E-state index in [-0.39, 0.29) is 11.4 Å². The number of aryl methyl sites for hydroxylation is 1. The van der Waals surface area contributed by atoms with Crippen LogP contribution in [0.25, 0.3) is 0 Å². The van der Waals surface area contributed by atoms with Gasteiger partial charge in [0.2, 0.25) is 0 Å². The highest BCUT2D eigenvalue weighted by Gasteiger charge is 2.23. The maximum Gasteiger partial charge on any atom is 0.332 e. The maximum absolute atomic E-state index is 12.5. The maximum atomic E-state index is 12.5. The molecule has 0 bridgehead atoms. The Kier molecular flexibility index (Phi) is 6.23. The third-order valence-electron chi connectivity index (χ3n) is 3.74. The number of carbonyl (C=O) groups excluding carboxylic acids is 1. The van der Waals surface area contributed by atoms with Gasteiger partial charge in [-0.1, -0.05) is 24.6 Å². The van der Waals surface area contributed by atoms with Crippen molar-refractivity contribution in [3.63, 3.8) is 0 Å². The molecular formula is C17H21ClN4O4. The van der Waals surface area contributed by atoms with Crippen LogP contribution < -0.4 is 22.0 Å². The van der Waals surface area contributed by atoms with Crippen LogP contribution in [0.3, 0.4) is 0 Å². The second-order valence-electron chi connectivity index (χ2n) is 5.82. The fourth-order valence-electron chi connectivity index (χ4n) is 2.31. The van der Waals surface area contributed by atoms with Crippen LogP contribution in [0.15, 0.2) is 27.8 Å². The average Bonchev–Trinajstić information content (AvgIpc) is 2.60. The average molecular weight is 381 g/mol. The molecule has 140 valence electrons. The van der Waals surface area contributed by atoms with Crippen molar-refractivity contribution in [3.8, 4) is 0 Å². The molecule has 2 aromatic rings. The summed E-state index contributed by atoms with van der Waals surface area (Å²) in [7, 11) is 2.76. The zero-order valence-electron chi connectivity index (χ0n) is 15.1. The molecular weight excluding hydrogens is 360 g/mol. The summed E-state index contributed by atoms with van der Waals surface area (Å²) in [6.45, 7) is 4.06. The summed E-state index contributed by atoms with van der Waals surface area (Å²) in [5.41, 5.74) is 2.07. The summed E-state index contributed by atoms with van der Waals surface area (Å²) in [6, 6.07) is 5.25. The van der Waals surface area contributed by atoms with E-state index in [9.17, 15) is 14.4 Å². The van der Waals surface area contributed by atoms with E-state index < -0.39 is 17.2 Å². The van der Waals surface area contributed by atoms with E-state index in [4.69, 9.17) is 16.4 Å². The molecule has 0 fully saturated rings. The summed E-state index contributed by atoms with van der Waals surface area (Å²) in [6.07, 6.45) is 0.690. The number of benzene rings is 1. The first kappa shape index (κ1) is 19.7. The minimum absolute atomic E-state index is 0.0291. The van der Waals surface area contributed by atoms with Crippen LogP contribution in [0.1, 0.15) is 29.3 Å². The van der Waals surface area contributed by atoms with Crippen LogP contribution in [0.2, 0.25) is 5.02 Å². The fraction of sp³-hybridized carbons (Fsp3) is 0.353. The van der Waals surface area contributed by atoms with Gasteiger partial charge >= 0.3 is 5.69 Å². The highest BCUT2D eigenvalue weighted by molar-refractivity contribution is 6.33. The quantitative estimate of drug-likeness (QED) is 0.589. The number of nitrogens with one attached hydrogen (secondary N) is 2. The number of hydrogen-bond donors (Lipinski definition) is 2. The van der Waals surface area contributed by atoms with Crippen molar-refractivity contribution in [1.29, 1.82) is 0 Å². The molecule has 0 radical (unpaired) electrons. The molecule has 0 aliphatic rings. The molecule has 26 heavy (non-hydrogen) atoms. The molecule has 0 saturated heterocycles. The van der Waals surface area contributed by atoms with Crippen molar-refractivity contribution in [3.05, 3.63) is 55.2 Å². The number of hydrogen-bond acceptors (Lipinski definition) is 5. The van der Waals surface area contributed by atoms with Gasteiger partial charge in [-0.3, -0.25) is 23.6 Å². The number of aromatic nitrogens is 2. The Balaban J connectivity index is 2.57. The Morgan fingerprint density at radius 2 is 1.92 bits per heavy atom. The first-order valence-corrected chi connectivity index (χ1v) is 8.41. The van der Waals surface area contributed by atoms with Crippen LogP contribution >= 0.6 is 11.6 Å². The van der Waals surface area contributed by atoms with Gasteiger partial charge in [0.15, 0.2) is 0 Å². The third-order valence-corrected chi connectivity index (χ3v) is 4.05. The minimum Gasteiger partial charge on any atom is -0.339 e. The molecule has 0 spiro atoms. The van der Waals surface area contributed by atoms with Crippen molar-refractivity contribution in [2.45, 2.75) is 20.3 Å². The van der Waals surface area contributed by atoms with Crippen LogP contribution in [0, 0.1) is 6.92 Å². The molecule has 2 rings (SSSR count). The third kappa shape index (κ3) is 3.97. The second kappa shape index (κ2) is 8.20. The van der Waals surface area contributed by atoms with Crippen molar-refractivity contribution >= 4 is 29.0 Å². The lowest BCUT2D eigenvalue weighted by Gasteiger charge is -2.17. The molecule has 0 aliphatic carbocycles. The van der Waals surface area contributed by atoms with E-state index in [1.165, 1.54) is 18.7 Å². The number of halogens is 1. The number of rotatable bonds is 6. The Labute approximate surface area is 155 Å². The van der Waals surface area contributed by atoms with E-state index in [2.05, 4.69) is 10.8 Å². The lowest BCUT2D eigenvalue weighted by molar-refractivity contribution is 0.0313. The number of hydroxylamine groups is 1. The van der Waals surface area contributed by atoms with Crippen molar-refractivity contribution in [1.82, 2.24) is 14.6 Å². The van der Waals surface area contributed by atoms with Gasteiger partial charge in [-0.05, 0) is 31.0 Å². The SMILES string of the molecule is CCCONC(=O)c1c(Nc2ccc(C)cc2Cl)n(C)c(=O)n(C)c1=O. The Morgan fingerprint density at radius 3 is 2.54 bits per heavy atom. The van der Waals surface area contributed by atoms with Crippen molar-refractivity contribution < 1.29 is 9.63 Å². The van der Waals surface area contributed by atoms with Gasteiger partial charge in [0.05, 0.1) is 17.3 Å². The van der Waals surface area contributed by atoms with Crippen molar-refractivity contribution in [2.24, 2.45) is 14.1 Å².